The maximum atomic E-state index is 5.91. The van der Waals surface area contributed by atoms with E-state index in [9.17, 15) is 0 Å². The van der Waals surface area contributed by atoms with Gasteiger partial charge in [0.05, 0.1) is 0 Å². The van der Waals surface area contributed by atoms with Crippen LogP contribution in [-0.4, -0.2) is 17.4 Å². The zero-order chi connectivity index (χ0) is 22.9. The molecule has 0 amide bonds. The van der Waals surface area contributed by atoms with Crippen molar-refractivity contribution in [3.05, 3.63) is 101 Å². The van der Waals surface area contributed by atoms with Crippen LogP contribution in [0.5, 0.6) is 0 Å². The van der Waals surface area contributed by atoms with Crippen LogP contribution in [0.25, 0.3) is 0 Å². The van der Waals surface area contributed by atoms with Crippen LogP contribution in [0.3, 0.4) is 0 Å². The summed E-state index contributed by atoms with van der Waals surface area (Å²) >= 11 is -1.81. The number of hydrogen-bond donors (Lipinski definition) is 0. The molecule has 0 spiro atoms. The molecular weight excluding hydrogens is 524 g/mol. The molecule has 0 N–H and O–H groups in total. The van der Waals surface area contributed by atoms with Gasteiger partial charge in [-0.1, -0.05) is 24.1 Å². The number of nitrogens with zero attached hydrogens (tertiary/aromatic N) is 2. The fourth-order valence-corrected chi connectivity index (χ4v) is 5.74. The van der Waals surface area contributed by atoms with Crippen LogP contribution in [0.15, 0.2) is 71.7 Å². The third-order valence-electron chi connectivity index (χ3n) is 5.17. The van der Waals surface area contributed by atoms with Crippen molar-refractivity contribution in [3.8, 4) is 0 Å². The maximum absolute atomic E-state index is 5.91. The summed E-state index contributed by atoms with van der Waals surface area (Å²) in [5.74, 6) is 0. The van der Waals surface area contributed by atoms with E-state index in [1.165, 1.54) is 41.8 Å². The molecule has 0 aliphatic carbocycles. The molecular formula is C27H29Cl2N2Ru-. The van der Waals surface area contributed by atoms with Gasteiger partial charge < -0.3 is 4.90 Å². The van der Waals surface area contributed by atoms with E-state index in [-0.39, 0.29) is 0 Å². The molecule has 0 unspecified atom stereocenters. The van der Waals surface area contributed by atoms with Crippen LogP contribution < -0.4 is 4.90 Å². The van der Waals surface area contributed by atoms with Gasteiger partial charge in [-0.2, -0.15) is 6.42 Å². The van der Waals surface area contributed by atoms with Crippen molar-refractivity contribution >= 4 is 41.6 Å². The fraction of sp³-hybridized carbons (Fsp3) is 0.222. The van der Waals surface area contributed by atoms with Crippen LogP contribution in [0, 0.1) is 27.3 Å². The molecule has 1 saturated heterocycles. The number of rotatable bonds is 4. The average molecular weight is 554 g/mol. The summed E-state index contributed by atoms with van der Waals surface area (Å²) in [5.41, 5.74) is 8.60. The van der Waals surface area contributed by atoms with Gasteiger partial charge in [0.2, 0.25) is 0 Å². The van der Waals surface area contributed by atoms with Crippen molar-refractivity contribution in [3.63, 3.8) is 0 Å². The zero-order valence-corrected chi connectivity index (χ0v) is 22.0. The Bertz CT molecular complexity index is 1060. The molecule has 0 bridgehead atoms. The molecule has 3 aromatic carbocycles. The van der Waals surface area contributed by atoms with Gasteiger partial charge in [-0.25, -0.2) is 6.54 Å². The molecule has 1 aliphatic rings. The van der Waals surface area contributed by atoms with E-state index >= 15 is 0 Å². The van der Waals surface area contributed by atoms with Crippen LogP contribution in [0.4, 0.5) is 11.4 Å². The second-order valence-electron chi connectivity index (χ2n) is 7.80. The van der Waals surface area contributed by atoms with Crippen LogP contribution >= 0.6 is 19.4 Å². The molecule has 2 nitrogen and oxygen atoms in total. The first-order valence-corrected chi connectivity index (χ1v) is 16.1. The van der Waals surface area contributed by atoms with E-state index in [4.69, 9.17) is 19.4 Å². The summed E-state index contributed by atoms with van der Waals surface area (Å²) in [6.45, 7) is 10.1. The molecule has 0 atom stereocenters. The summed E-state index contributed by atoms with van der Waals surface area (Å²) in [6, 6.07) is 22.3. The van der Waals surface area contributed by atoms with Crippen LogP contribution in [0.2, 0.25) is 0 Å². The van der Waals surface area contributed by atoms with E-state index in [2.05, 4.69) is 49.3 Å². The van der Waals surface area contributed by atoms with Gasteiger partial charge >= 0.3 is 120 Å². The molecule has 0 saturated carbocycles. The van der Waals surface area contributed by atoms with Crippen molar-refractivity contribution in [1.29, 1.82) is 0 Å². The van der Waals surface area contributed by atoms with Crippen molar-refractivity contribution < 1.29 is 13.5 Å². The van der Waals surface area contributed by atoms with E-state index in [0.717, 1.165) is 16.8 Å². The minimum absolute atomic E-state index is 0.929. The Morgan fingerprint density at radius 3 is 2.12 bits per heavy atom. The Morgan fingerprint density at radius 2 is 1.53 bits per heavy atom. The van der Waals surface area contributed by atoms with Gasteiger partial charge in [0.15, 0.2) is 0 Å². The second kappa shape index (κ2) is 12.4. The predicted molar refractivity (Wildman–Crippen MR) is 139 cm³/mol. The number of para-hydroxylation sites is 1. The molecule has 1 aliphatic heterocycles. The fourth-order valence-electron chi connectivity index (χ4n) is 3.89. The third-order valence-corrected chi connectivity index (χ3v) is 7.00. The second-order valence-corrected chi connectivity index (χ2v) is 13.5. The number of benzene rings is 3. The molecule has 0 aromatic heterocycles. The third kappa shape index (κ3) is 7.37. The summed E-state index contributed by atoms with van der Waals surface area (Å²) in [5, 5.41) is 0. The van der Waals surface area contributed by atoms with Crippen molar-refractivity contribution in [2.75, 3.05) is 11.4 Å². The average Bonchev–Trinajstić information content (AvgIpc) is 3.27. The molecule has 1 heterocycles. The van der Waals surface area contributed by atoms with Crippen LogP contribution in [0.1, 0.15) is 40.7 Å². The molecule has 170 valence electrons. The number of aryl methyl sites for hydroxylation is 3. The van der Waals surface area contributed by atoms with Gasteiger partial charge in [0.1, 0.15) is 0 Å². The molecule has 32 heavy (non-hydrogen) atoms. The monoisotopic (exact) mass is 553 g/mol. The number of anilines is 1. The first kappa shape index (κ1) is 24.8. The van der Waals surface area contributed by atoms with E-state index in [0.29, 0.717) is 0 Å². The Morgan fingerprint density at radius 1 is 0.906 bits per heavy atom. The van der Waals surface area contributed by atoms with Crippen molar-refractivity contribution in [2.24, 2.45) is 4.99 Å². The Balaban J connectivity index is 0.000000186. The number of hydrogen-bond acceptors (Lipinski definition) is 2. The first-order valence-electron chi connectivity index (χ1n) is 10.6. The Labute approximate surface area is 205 Å². The SMILES string of the molecule is Cc1cc(C)c(N2[CH-]CCC2)c(C)c1.[Cl][Ru]([Cl])=[CH]c1ccccc1C=Nc1ccccc1. The van der Waals surface area contributed by atoms with Gasteiger partial charge in [0.25, 0.3) is 0 Å². The number of aliphatic imine (C=N–C) groups is 1. The summed E-state index contributed by atoms with van der Waals surface area (Å²) < 4.78 is 1.93. The zero-order valence-electron chi connectivity index (χ0n) is 18.7. The molecule has 1 fully saturated rings. The minimum atomic E-state index is -1.81. The Kier molecular flexibility index (Phi) is 9.66. The summed E-state index contributed by atoms with van der Waals surface area (Å²) in [6.07, 6.45) is 4.37. The predicted octanol–water partition coefficient (Wildman–Crippen LogP) is 7.89. The van der Waals surface area contributed by atoms with E-state index in [1.54, 1.807) is 0 Å². The molecule has 0 radical (unpaired) electrons. The van der Waals surface area contributed by atoms with Crippen LogP contribution in [-0.2, 0) is 13.5 Å². The summed E-state index contributed by atoms with van der Waals surface area (Å²) in [4.78, 5) is 6.84. The molecule has 4 rings (SSSR count). The van der Waals surface area contributed by atoms with Gasteiger partial charge in [-0.05, 0) is 38.4 Å². The molecule has 5 heteroatoms. The van der Waals surface area contributed by atoms with Gasteiger partial charge in [-0.3, -0.25) is 0 Å². The summed E-state index contributed by atoms with van der Waals surface area (Å²) in [7, 11) is 11.8. The first-order chi connectivity index (χ1) is 15.4. The van der Waals surface area contributed by atoms with E-state index < -0.39 is 13.5 Å². The van der Waals surface area contributed by atoms with Gasteiger partial charge in [0, 0.05) is 5.69 Å². The topological polar surface area (TPSA) is 15.6 Å². The van der Waals surface area contributed by atoms with Crippen molar-refractivity contribution in [2.45, 2.75) is 33.6 Å². The standard InChI is InChI=1S/C14H11N.C13H18N.2ClH.Ru/c1-12-7-5-6-8-13(12)11-15-14-9-3-2-4-10-14;1-10-8-11(2)13(12(3)9-10)14-6-4-5-7-14;;;/h1-11H;6,8-9H,4-5,7H2,1-3H3;2*1H;/q;-1;;;+2/p-2. The molecule has 3 aromatic rings. The quantitative estimate of drug-likeness (QED) is 0.182. The number of halogens is 2. The van der Waals surface area contributed by atoms with Crippen molar-refractivity contribution in [1.82, 2.24) is 0 Å². The van der Waals surface area contributed by atoms with E-state index in [1.807, 2.05) is 65.4 Å². The normalized spacial score (nSPS) is 13.7. The Hall–Kier alpha value is -1.80. The van der Waals surface area contributed by atoms with Gasteiger partial charge in [-0.15, -0.1) is 0 Å².